The quantitative estimate of drug-likeness (QED) is 0.123. The van der Waals surface area contributed by atoms with Gasteiger partial charge in [0.25, 0.3) is 0 Å². The van der Waals surface area contributed by atoms with Crippen LogP contribution in [0.5, 0.6) is 0 Å². The minimum atomic E-state index is -0.690. The van der Waals surface area contributed by atoms with Crippen LogP contribution in [0.3, 0.4) is 0 Å². The van der Waals surface area contributed by atoms with E-state index >= 15 is 0 Å². The van der Waals surface area contributed by atoms with Gasteiger partial charge in [-0.25, -0.2) is 19.6 Å². The largest absolute Gasteiger partial charge is 0.453 e. The number of rotatable bonds is 10. The van der Waals surface area contributed by atoms with E-state index < -0.39 is 18.2 Å². The first kappa shape index (κ1) is 38.3. The number of methoxy groups -OCH3 is 3. The lowest BCUT2D eigenvalue weighted by Crippen LogP contribution is -2.52. The van der Waals surface area contributed by atoms with Crippen molar-refractivity contribution in [3.05, 3.63) is 72.3 Å². The molecule has 306 valence electrons. The number of carbonyl (C=O) groups excluding carboxylic acids is 4. The summed E-state index contributed by atoms with van der Waals surface area (Å²) in [7, 11) is 4.22. The van der Waals surface area contributed by atoms with Gasteiger partial charge in [0.2, 0.25) is 11.8 Å². The molecule has 4 N–H and O–H groups in total. The third kappa shape index (κ3) is 6.96. The second-order valence-electron chi connectivity index (χ2n) is 16.4. The SMILES string of the molecule is COC[C@H]1C[C@@H](c2nc3c(ccc4cc(-c5ccc6c(ccc7[nH]c([C@@H]8C[C@H]9C[C@H]9N8C(=O)C(NC(=O)OC)C(C)C)nc76)c5)ccc43)[nH]2)N(C(=O)CNC(=O)OC)C1. The summed E-state index contributed by atoms with van der Waals surface area (Å²) in [4.78, 5) is 71.9. The van der Waals surface area contributed by atoms with Gasteiger partial charge in [0.05, 0.1) is 55.0 Å². The smallest absolute Gasteiger partial charge is 0.407 e. The highest BCUT2D eigenvalue weighted by Gasteiger charge is 2.56. The molecule has 4 aromatic carbocycles. The van der Waals surface area contributed by atoms with Crippen molar-refractivity contribution in [3.63, 3.8) is 0 Å². The van der Waals surface area contributed by atoms with Crippen LogP contribution < -0.4 is 10.6 Å². The van der Waals surface area contributed by atoms with E-state index in [1.807, 2.05) is 30.9 Å². The van der Waals surface area contributed by atoms with Crippen LogP contribution in [0, 0.1) is 17.8 Å². The average Bonchev–Trinajstić information content (AvgIpc) is 3.67. The van der Waals surface area contributed by atoms with E-state index in [0.29, 0.717) is 31.3 Å². The van der Waals surface area contributed by atoms with E-state index in [2.05, 4.69) is 73.9 Å². The Hall–Kier alpha value is -6.22. The molecule has 3 fully saturated rings. The second kappa shape index (κ2) is 15.2. The molecule has 4 heterocycles. The molecule has 0 bridgehead atoms. The van der Waals surface area contributed by atoms with Crippen molar-refractivity contribution >= 4 is 67.6 Å². The Morgan fingerprint density at radius 3 is 1.97 bits per heavy atom. The van der Waals surface area contributed by atoms with Gasteiger partial charge >= 0.3 is 12.2 Å². The lowest BCUT2D eigenvalue weighted by Gasteiger charge is -2.31. The van der Waals surface area contributed by atoms with Crippen LogP contribution in [0.2, 0.25) is 0 Å². The molecule has 2 saturated heterocycles. The number of piperidine rings is 1. The zero-order chi connectivity index (χ0) is 41.1. The van der Waals surface area contributed by atoms with Crippen LogP contribution in [0.25, 0.3) is 54.7 Å². The van der Waals surface area contributed by atoms with E-state index in [0.717, 1.165) is 73.4 Å². The number of aromatic nitrogens is 4. The summed E-state index contributed by atoms with van der Waals surface area (Å²) in [5.74, 6) is 1.60. The zero-order valence-corrected chi connectivity index (χ0v) is 33.7. The molecule has 15 heteroatoms. The molecule has 4 amide bonds. The van der Waals surface area contributed by atoms with Gasteiger partial charge in [-0.05, 0) is 77.3 Å². The van der Waals surface area contributed by atoms with Crippen LogP contribution in [-0.2, 0) is 23.8 Å². The topological polar surface area (TPSA) is 184 Å². The number of hydrogen-bond acceptors (Lipinski definition) is 9. The Morgan fingerprint density at radius 1 is 0.780 bits per heavy atom. The van der Waals surface area contributed by atoms with Gasteiger partial charge in [-0.3, -0.25) is 9.59 Å². The lowest BCUT2D eigenvalue weighted by atomic mass is 9.98. The van der Waals surface area contributed by atoms with Gasteiger partial charge in [0, 0.05) is 36.4 Å². The molecule has 59 heavy (non-hydrogen) atoms. The fourth-order valence-electron chi connectivity index (χ4n) is 9.33. The summed E-state index contributed by atoms with van der Waals surface area (Å²) in [5.41, 5.74) is 5.60. The molecule has 1 aliphatic carbocycles. The highest BCUT2D eigenvalue weighted by molar-refractivity contribution is 6.07. The number of H-pyrrole nitrogens is 2. The number of alkyl carbamates (subject to hydrolysis) is 2. The number of amides is 4. The maximum atomic E-state index is 13.9. The summed E-state index contributed by atoms with van der Waals surface area (Å²) >= 11 is 0. The van der Waals surface area contributed by atoms with Gasteiger partial charge in [0.1, 0.15) is 24.2 Å². The zero-order valence-electron chi connectivity index (χ0n) is 33.7. The first-order valence-corrected chi connectivity index (χ1v) is 20.2. The van der Waals surface area contributed by atoms with Gasteiger partial charge in [0.15, 0.2) is 0 Å². The highest BCUT2D eigenvalue weighted by atomic mass is 16.5. The Balaban J connectivity index is 0.980. The van der Waals surface area contributed by atoms with Crippen LogP contribution >= 0.6 is 0 Å². The van der Waals surface area contributed by atoms with Crippen LogP contribution in [0.15, 0.2) is 60.7 Å². The first-order valence-electron chi connectivity index (χ1n) is 20.2. The number of aromatic amines is 2. The Kier molecular flexibility index (Phi) is 9.86. The number of likely N-dealkylation sites (tertiary alicyclic amines) is 2. The monoisotopic (exact) mass is 800 g/mol. The highest BCUT2D eigenvalue weighted by Crippen LogP contribution is 2.53. The van der Waals surface area contributed by atoms with Crippen molar-refractivity contribution in [3.8, 4) is 11.1 Å². The molecule has 2 aromatic heterocycles. The van der Waals surface area contributed by atoms with Crippen LogP contribution in [0.1, 0.15) is 56.8 Å². The minimum Gasteiger partial charge on any atom is -0.453 e. The number of imidazole rings is 2. The van der Waals surface area contributed by atoms with Gasteiger partial charge in [-0.2, -0.15) is 0 Å². The number of hydrogen-bond donors (Lipinski definition) is 4. The third-order valence-electron chi connectivity index (χ3n) is 12.4. The number of nitrogens with zero attached hydrogens (tertiary/aromatic N) is 4. The molecule has 0 radical (unpaired) electrons. The number of benzene rings is 4. The Labute approximate surface area is 340 Å². The van der Waals surface area contributed by atoms with E-state index in [1.54, 1.807) is 12.0 Å². The molecule has 15 nitrogen and oxygen atoms in total. The molecule has 6 aromatic rings. The molecule has 2 aliphatic heterocycles. The van der Waals surface area contributed by atoms with E-state index in [4.69, 9.17) is 19.4 Å². The average molecular weight is 801 g/mol. The maximum Gasteiger partial charge on any atom is 0.407 e. The summed E-state index contributed by atoms with van der Waals surface area (Å²) in [6.45, 7) is 4.69. The second-order valence-corrected chi connectivity index (χ2v) is 16.4. The van der Waals surface area contributed by atoms with Gasteiger partial charge in [-0.1, -0.05) is 50.2 Å². The Morgan fingerprint density at radius 2 is 1.39 bits per heavy atom. The number of fused-ring (bicyclic) bond motifs is 7. The lowest BCUT2D eigenvalue weighted by molar-refractivity contribution is -0.136. The third-order valence-corrected chi connectivity index (χ3v) is 12.4. The summed E-state index contributed by atoms with van der Waals surface area (Å²) in [5, 5.41) is 9.35. The van der Waals surface area contributed by atoms with E-state index in [-0.39, 0.29) is 48.3 Å². The molecular formula is C44H48N8O7. The molecular weight excluding hydrogens is 753 g/mol. The normalized spacial score (nSPS) is 21.7. The van der Waals surface area contributed by atoms with Crippen molar-refractivity contribution < 1.29 is 33.4 Å². The summed E-state index contributed by atoms with van der Waals surface area (Å²) in [6.07, 6.45) is 1.21. The molecule has 0 spiro atoms. The predicted octanol–water partition coefficient (Wildman–Crippen LogP) is 6.35. The molecule has 1 saturated carbocycles. The summed E-state index contributed by atoms with van der Waals surface area (Å²) in [6, 6.07) is 20.0. The fourth-order valence-corrected chi connectivity index (χ4v) is 9.33. The van der Waals surface area contributed by atoms with E-state index in [1.165, 1.54) is 14.2 Å². The van der Waals surface area contributed by atoms with Crippen LogP contribution in [0.4, 0.5) is 9.59 Å². The number of ether oxygens (including phenoxy) is 3. The standard InChI is InChI=1S/C44H48N8O7/c1-22(2)37(50-44(56)59-5)42(54)52-33-17-28(33)18-35(52)41-47-32-13-9-27-16-25(7-11-30(27)39(32)49-41)24-6-10-29-26(15-24)8-12-31-38(29)48-40(46-31)34-14-23(21-57-3)20-51(34)36(53)19-45-43(55)58-4/h6-13,15-16,22-23,28,33-35,37H,14,17-21H2,1-5H3,(H,45,55)(H,46,48)(H,47,49)(H,50,56)/t23-,28+,33+,34-,35-,37?/m0/s1. The molecule has 3 aliphatic rings. The van der Waals surface area contributed by atoms with Crippen molar-refractivity contribution in [1.29, 1.82) is 0 Å². The maximum absolute atomic E-state index is 13.9. The van der Waals surface area contributed by atoms with Crippen molar-refractivity contribution in [2.75, 3.05) is 41.0 Å². The Bertz CT molecular complexity index is 2640. The fraction of sp³-hybridized carbons (Fsp3) is 0.409. The summed E-state index contributed by atoms with van der Waals surface area (Å²) < 4.78 is 14.9. The number of carbonyl (C=O) groups is 4. The van der Waals surface area contributed by atoms with E-state index in [9.17, 15) is 19.2 Å². The minimum absolute atomic E-state index is 0.103. The molecule has 1 unspecified atom stereocenters. The number of nitrogens with one attached hydrogen (secondary N) is 4. The van der Waals surface area contributed by atoms with Crippen LogP contribution in [-0.4, -0.2) is 107 Å². The first-order chi connectivity index (χ1) is 28.5. The van der Waals surface area contributed by atoms with Crippen molar-refractivity contribution in [2.24, 2.45) is 17.8 Å². The van der Waals surface area contributed by atoms with Gasteiger partial charge < -0.3 is 44.6 Å². The van der Waals surface area contributed by atoms with Crippen molar-refractivity contribution in [2.45, 2.75) is 57.3 Å². The molecule has 9 rings (SSSR count). The van der Waals surface area contributed by atoms with Crippen molar-refractivity contribution in [1.82, 2.24) is 40.4 Å². The molecule has 6 atom stereocenters. The predicted molar refractivity (Wildman–Crippen MR) is 221 cm³/mol. The van der Waals surface area contributed by atoms with Gasteiger partial charge in [-0.15, -0.1) is 0 Å².